The first-order chi connectivity index (χ1) is 9.00. The minimum atomic E-state index is -4.38. The molecular weight excluding hydrogens is 255 g/mol. The molecule has 0 heterocycles. The summed E-state index contributed by atoms with van der Waals surface area (Å²) in [6.07, 6.45) is -2.27. The number of rotatable bonds is 4. The average molecular weight is 273 g/mol. The van der Waals surface area contributed by atoms with Crippen molar-refractivity contribution in [2.24, 2.45) is 5.73 Å². The Labute approximate surface area is 110 Å². The molecule has 0 spiro atoms. The molecule has 0 bridgehead atoms. The molecule has 1 aromatic carbocycles. The van der Waals surface area contributed by atoms with Crippen molar-refractivity contribution in [1.29, 1.82) is 0 Å². The lowest BCUT2D eigenvalue weighted by Crippen LogP contribution is -2.36. The topological polar surface area (TPSA) is 35.2 Å². The van der Waals surface area contributed by atoms with Gasteiger partial charge in [0.25, 0.3) is 0 Å². The standard InChI is InChI=1S/C14H18F3NO/c15-14(16,17)13(7-8-18)19-12-6-5-10-3-1-2-4-11(10)9-12/h5-6,9,13H,1-4,7-8,18H2. The van der Waals surface area contributed by atoms with E-state index in [0.717, 1.165) is 31.2 Å². The van der Waals surface area contributed by atoms with Crippen LogP contribution in [0, 0.1) is 0 Å². The maximum atomic E-state index is 12.8. The van der Waals surface area contributed by atoms with Gasteiger partial charge in [-0.2, -0.15) is 13.2 Å². The molecule has 5 heteroatoms. The van der Waals surface area contributed by atoms with Crippen LogP contribution in [0.2, 0.25) is 0 Å². The van der Waals surface area contributed by atoms with Gasteiger partial charge in [-0.25, -0.2) is 0 Å². The molecular formula is C14H18F3NO. The Morgan fingerprint density at radius 2 is 1.84 bits per heavy atom. The molecule has 2 nitrogen and oxygen atoms in total. The smallest absolute Gasteiger partial charge is 0.425 e. The van der Waals surface area contributed by atoms with Gasteiger partial charge in [-0.3, -0.25) is 0 Å². The molecule has 1 aliphatic carbocycles. The zero-order chi connectivity index (χ0) is 13.9. The molecule has 1 unspecified atom stereocenters. The van der Waals surface area contributed by atoms with Crippen molar-refractivity contribution in [3.05, 3.63) is 29.3 Å². The molecule has 0 fully saturated rings. The van der Waals surface area contributed by atoms with Crippen molar-refractivity contribution >= 4 is 0 Å². The van der Waals surface area contributed by atoms with Gasteiger partial charge in [-0.15, -0.1) is 0 Å². The van der Waals surface area contributed by atoms with Crippen LogP contribution in [0.15, 0.2) is 18.2 Å². The summed E-state index contributed by atoms with van der Waals surface area (Å²) in [4.78, 5) is 0. The van der Waals surface area contributed by atoms with Crippen molar-refractivity contribution in [3.8, 4) is 5.75 Å². The van der Waals surface area contributed by atoms with Crippen LogP contribution < -0.4 is 10.5 Å². The SMILES string of the molecule is NCCC(Oc1ccc2c(c1)CCCC2)C(F)(F)F. The number of nitrogens with two attached hydrogens (primary N) is 1. The van der Waals surface area contributed by atoms with Crippen LogP contribution in [-0.4, -0.2) is 18.8 Å². The van der Waals surface area contributed by atoms with E-state index in [1.165, 1.54) is 5.56 Å². The van der Waals surface area contributed by atoms with Crippen molar-refractivity contribution < 1.29 is 17.9 Å². The van der Waals surface area contributed by atoms with Crippen LogP contribution in [0.25, 0.3) is 0 Å². The number of benzene rings is 1. The largest absolute Gasteiger partial charge is 0.481 e. The molecule has 0 saturated carbocycles. The van der Waals surface area contributed by atoms with E-state index >= 15 is 0 Å². The first-order valence-electron chi connectivity index (χ1n) is 6.56. The third-order valence-corrected chi connectivity index (χ3v) is 3.39. The fourth-order valence-corrected chi connectivity index (χ4v) is 2.39. The number of fused-ring (bicyclic) bond motifs is 1. The minimum Gasteiger partial charge on any atom is -0.481 e. The lowest BCUT2D eigenvalue weighted by Gasteiger charge is -2.23. The molecule has 1 aliphatic rings. The molecule has 1 atom stereocenters. The van der Waals surface area contributed by atoms with Crippen molar-refractivity contribution in [2.75, 3.05) is 6.54 Å². The van der Waals surface area contributed by atoms with Gasteiger partial charge >= 0.3 is 6.18 Å². The second-order valence-corrected chi connectivity index (χ2v) is 4.86. The molecule has 1 aromatic rings. The molecule has 0 aliphatic heterocycles. The van der Waals surface area contributed by atoms with Crippen molar-refractivity contribution in [2.45, 2.75) is 44.4 Å². The summed E-state index contributed by atoms with van der Waals surface area (Å²) in [6, 6.07) is 5.24. The summed E-state index contributed by atoms with van der Waals surface area (Å²) < 4.78 is 43.3. The second-order valence-electron chi connectivity index (χ2n) is 4.86. The zero-order valence-electron chi connectivity index (χ0n) is 10.7. The Balaban J connectivity index is 2.13. The fraction of sp³-hybridized carbons (Fsp3) is 0.571. The van der Waals surface area contributed by atoms with Gasteiger partial charge in [0.15, 0.2) is 6.10 Å². The van der Waals surface area contributed by atoms with Gasteiger partial charge in [-0.05, 0) is 55.5 Å². The Bertz CT molecular complexity index is 431. The molecule has 2 rings (SSSR count). The van der Waals surface area contributed by atoms with Crippen LogP contribution in [0.3, 0.4) is 0 Å². The summed E-state index contributed by atoms with van der Waals surface area (Å²) in [5, 5.41) is 0. The fourth-order valence-electron chi connectivity index (χ4n) is 2.39. The van der Waals surface area contributed by atoms with Crippen LogP contribution in [0.4, 0.5) is 13.2 Å². The Kier molecular flexibility index (Phi) is 4.34. The average Bonchev–Trinajstić information content (AvgIpc) is 2.37. The van der Waals surface area contributed by atoms with Gasteiger partial charge in [0.2, 0.25) is 0 Å². The maximum absolute atomic E-state index is 12.8. The van der Waals surface area contributed by atoms with Crippen LogP contribution in [-0.2, 0) is 12.8 Å². The van der Waals surface area contributed by atoms with Crippen molar-refractivity contribution in [1.82, 2.24) is 0 Å². The van der Waals surface area contributed by atoms with E-state index in [9.17, 15) is 13.2 Å². The Morgan fingerprint density at radius 1 is 1.16 bits per heavy atom. The number of hydrogen-bond donors (Lipinski definition) is 1. The van der Waals surface area contributed by atoms with E-state index in [1.807, 2.05) is 6.07 Å². The molecule has 2 N–H and O–H groups in total. The molecule has 0 aromatic heterocycles. The van der Waals surface area contributed by atoms with Crippen molar-refractivity contribution in [3.63, 3.8) is 0 Å². The van der Waals surface area contributed by atoms with Gasteiger partial charge in [-0.1, -0.05) is 6.07 Å². The Morgan fingerprint density at radius 3 is 2.47 bits per heavy atom. The highest BCUT2D eigenvalue weighted by Crippen LogP contribution is 2.30. The second kappa shape index (κ2) is 5.82. The summed E-state index contributed by atoms with van der Waals surface area (Å²) >= 11 is 0. The van der Waals surface area contributed by atoms with E-state index in [4.69, 9.17) is 10.5 Å². The van der Waals surface area contributed by atoms with E-state index < -0.39 is 12.3 Å². The Hall–Kier alpha value is -1.23. The molecule has 0 saturated heterocycles. The minimum absolute atomic E-state index is 0.0465. The third-order valence-electron chi connectivity index (χ3n) is 3.39. The molecule has 106 valence electrons. The maximum Gasteiger partial charge on any atom is 0.425 e. The highest BCUT2D eigenvalue weighted by Gasteiger charge is 2.41. The quantitative estimate of drug-likeness (QED) is 0.914. The predicted molar refractivity (Wildman–Crippen MR) is 67.2 cm³/mol. The number of ether oxygens (including phenoxy) is 1. The first-order valence-corrected chi connectivity index (χ1v) is 6.56. The number of aryl methyl sites for hydroxylation is 2. The van der Waals surface area contributed by atoms with Crippen LogP contribution in [0.1, 0.15) is 30.4 Å². The summed E-state index contributed by atoms with van der Waals surface area (Å²) in [5.41, 5.74) is 7.54. The first kappa shape index (κ1) is 14.2. The van der Waals surface area contributed by atoms with E-state index in [1.54, 1.807) is 12.1 Å². The monoisotopic (exact) mass is 273 g/mol. The number of halogens is 3. The van der Waals surface area contributed by atoms with Crippen LogP contribution in [0.5, 0.6) is 5.75 Å². The number of hydrogen-bond acceptors (Lipinski definition) is 2. The molecule has 19 heavy (non-hydrogen) atoms. The van der Waals surface area contributed by atoms with Crippen LogP contribution >= 0.6 is 0 Å². The normalized spacial score (nSPS) is 16.8. The zero-order valence-corrected chi connectivity index (χ0v) is 10.7. The lowest BCUT2D eigenvalue weighted by atomic mass is 9.92. The van der Waals surface area contributed by atoms with E-state index in [0.29, 0.717) is 0 Å². The highest BCUT2D eigenvalue weighted by molar-refractivity contribution is 5.37. The lowest BCUT2D eigenvalue weighted by molar-refractivity contribution is -0.196. The predicted octanol–water partition coefficient (Wildman–Crippen LogP) is 3.22. The summed E-state index contributed by atoms with van der Waals surface area (Å²) in [6.45, 7) is -0.0465. The molecule has 0 amide bonds. The van der Waals surface area contributed by atoms with E-state index in [-0.39, 0.29) is 18.7 Å². The van der Waals surface area contributed by atoms with Gasteiger partial charge in [0, 0.05) is 6.42 Å². The molecule has 0 radical (unpaired) electrons. The summed E-state index contributed by atoms with van der Waals surface area (Å²) in [7, 11) is 0. The van der Waals surface area contributed by atoms with E-state index in [2.05, 4.69) is 0 Å². The number of alkyl halides is 3. The summed E-state index contributed by atoms with van der Waals surface area (Å²) in [5.74, 6) is 0.288. The van der Waals surface area contributed by atoms with Gasteiger partial charge < -0.3 is 10.5 Å². The highest BCUT2D eigenvalue weighted by atomic mass is 19.4. The van der Waals surface area contributed by atoms with Gasteiger partial charge in [0.1, 0.15) is 5.75 Å². The van der Waals surface area contributed by atoms with Gasteiger partial charge in [0.05, 0.1) is 0 Å². The third kappa shape index (κ3) is 3.62.